The van der Waals surface area contributed by atoms with E-state index < -0.39 is 12.0 Å². The zero-order chi connectivity index (χ0) is 14.1. The Morgan fingerprint density at radius 2 is 1.90 bits per heavy atom. The molecule has 0 amide bonds. The molecule has 0 bridgehead atoms. The maximum atomic E-state index is 11.5. The van der Waals surface area contributed by atoms with Gasteiger partial charge in [0.15, 0.2) is 0 Å². The maximum Gasteiger partial charge on any atom is 0.326 e. The molecule has 3 nitrogen and oxygen atoms in total. The van der Waals surface area contributed by atoms with Crippen molar-refractivity contribution in [3.8, 4) is 0 Å². The van der Waals surface area contributed by atoms with E-state index in [0.717, 1.165) is 21.3 Å². The van der Waals surface area contributed by atoms with Gasteiger partial charge in [0.05, 0.1) is 0 Å². The highest BCUT2D eigenvalue weighted by Gasteiger charge is 2.34. The van der Waals surface area contributed by atoms with E-state index in [-0.39, 0.29) is 0 Å². The summed E-state index contributed by atoms with van der Waals surface area (Å²) in [5.41, 5.74) is 3.22. The van der Waals surface area contributed by atoms with Crippen molar-refractivity contribution >= 4 is 27.6 Å². The smallest absolute Gasteiger partial charge is 0.326 e. The number of aliphatic carboxylic acids is 1. The van der Waals surface area contributed by atoms with E-state index in [1.165, 1.54) is 0 Å². The van der Waals surface area contributed by atoms with Crippen LogP contribution in [0.3, 0.4) is 0 Å². The number of hydrogen-bond donors (Lipinski definition) is 1. The van der Waals surface area contributed by atoms with Crippen LogP contribution in [0.25, 0.3) is 0 Å². The lowest BCUT2D eigenvalue weighted by molar-refractivity contribution is -0.138. The van der Waals surface area contributed by atoms with Crippen LogP contribution in [0.15, 0.2) is 53.0 Å². The molecule has 1 atom stereocenters. The monoisotopic (exact) mass is 331 g/mol. The number of rotatable bonds is 3. The first-order chi connectivity index (χ1) is 9.66. The fraction of sp³-hybridized carbons (Fsp3) is 0.188. The second-order valence-electron chi connectivity index (χ2n) is 4.91. The second-order valence-corrected chi connectivity index (χ2v) is 5.76. The number of para-hydroxylation sites is 1. The number of nitrogens with zero attached hydrogens (tertiary/aromatic N) is 1. The number of anilines is 1. The minimum Gasteiger partial charge on any atom is -0.480 e. The normalized spacial score (nSPS) is 17.1. The molecule has 1 aliphatic heterocycles. The summed E-state index contributed by atoms with van der Waals surface area (Å²) in [4.78, 5) is 13.5. The molecule has 0 saturated heterocycles. The molecule has 20 heavy (non-hydrogen) atoms. The van der Waals surface area contributed by atoms with Crippen LogP contribution in [0.5, 0.6) is 0 Å². The van der Waals surface area contributed by atoms with Gasteiger partial charge in [-0.3, -0.25) is 0 Å². The average molecular weight is 332 g/mol. The van der Waals surface area contributed by atoms with Crippen molar-refractivity contribution in [2.75, 3.05) is 4.90 Å². The Morgan fingerprint density at radius 1 is 1.20 bits per heavy atom. The number of carboxylic acids is 1. The van der Waals surface area contributed by atoms with Crippen molar-refractivity contribution in [2.24, 2.45) is 0 Å². The van der Waals surface area contributed by atoms with Gasteiger partial charge in [0.1, 0.15) is 6.04 Å². The molecular weight excluding hydrogens is 318 g/mol. The van der Waals surface area contributed by atoms with Gasteiger partial charge >= 0.3 is 5.97 Å². The molecule has 102 valence electrons. The van der Waals surface area contributed by atoms with Crippen molar-refractivity contribution in [3.05, 3.63) is 64.1 Å². The third kappa shape index (κ3) is 2.31. The van der Waals surface area contributed by atoms with Gasteiger partial charge in [0.25, 0.3) is 0 Å². The lowest BCUT2D eigenvalue weighted by atomic mass is 10.1. The molecule has 2 aromatic carbocycles. The van der Waals surface area contributed by atoms with Crippen LogP contribution >= 0.6 is 15.9 Å². The van der Waals surface area contributed by atoms with Gasteiger partial charge in [-0.15, -0.1) is 0 Å². The summed E-state index contributed by atoms with van der Waals surface area (Å²) < 4.78 is 1.01. The average Bonchev–Trinajstić information content (AvgIpc) is 2.81. The number of hydrogen-bond acceptors (Lipinski definition) is 2. The summed E-state index contributed by atoms with van der Waals surface area (Å²) in [5, 5.41) is 9.45. The van der Waals surface area contributed by atoms with Crippen molar-refractivity contribution in [2.45, 2.75) is 19.0 Å². The van der Waals surface area contributed by atoms with E-state index in [2.05, 4.69) is 15.9 Å². The SMILES string of the molecule is O=C(O)C1Cc2ccccc2N1Cc1ccccc1Br. The summed E-state index contributed by atoms with van der Waals surface area (Å²) in [5.74, 6) is -0.770. The van der Waals surface area contributed by atoms with Gasteiger partial charge in [-0.1, -0.05) is 52.3 Å². The Bertz CT molecular complexity index is 656. The summed E-state index contributed by atoms with van der Waals surface area (Å²) in [6, 6.07) is 15.4. The molecule has 2 aromatic rings. The topological polar surface area (TPSA) is 40.5 Å². The molecule has 1 N–H and O–H groups in total. The first-order valence-electron chi connectivity index (χ1n) is 6.47. The Labute approximate surface area is 126 Å². The molecule has 1 aliphatic rings. The zero-order valence-corrected chi connectivity index (χ0v) is 12.4. The van der Waals surface area contributed by atoms with Crippen molar-refractivity contribution < 1.29 is 9.90 Å². The number of carbonyl (C=O) groups is 1. The Kier molecular flexibility index (Phi) is 3.49. The molecule has 0 spiro atoms. The number of benzene rings is 2. The maximum absolute atomic E-state index is 11.5. The van der Waals surface area contributed by atoms with E-state index in [4.69, 9.17) is 0 Å². The van der Waals surface area contributed by atoms with Crippen molar-refractivity contribution in [1.29, 1.82) is 0 Å². The highest BCUT2D eigenvalue weighted by Crippen LogP contribution is 2.34. The summed E-state index contributed by atoms with van der Waals surface area (Å²) >= 11 is 3.53. The molecule has 0 aromatic heterocycles. The predicted octanol–water partition coefficient (Wildman–Crippen LogP) is 3.47. The van der Waals surface area contributed by atoms with Crippen LogP contribution < -0.4 is 4.90 Å². The lowest BCUT2D eigenvalue weighted by Crippen LogP contribution is -2.38. The third-order valence-electron chi connectivity index (χ3n) is 3.67. The number of halogens is 1. The quantitative estimate of drug-likeness (QED) is 0.936. The molecule has 0 radical (unpaired) electrons. The van der Waals surface area contributed by atoms with Crippen LogP contribution in [-0.2, 0) is 17.8 Å². The van der Waals surface area contributed by atoms with Crippen LogP contribution in [0.2, 0.25) is 0 Å². The highest BCUT2D eigenvalue weighted by atomic mass is 79.9. The minimum atomic E-state index is -0.770. The van der Waals surface area contributed by atoms with Crippen LogP contribution in [-0.4, -0.2) is 17.1 Å². The Morgan fingerprint density at radius 3 is 2.65 bits per heavy atom. The van der Waals surface area contributed by atoms with Crippen LogP contribution in [0, 0.1) is 0 Å². The van der Waals surface area contributed by atoms with Gasteiger partial charge in [0, 0.05) is 23.1 Å². The molecule has 1 unspecified atom stereocenters. The standard InChI is InChI=1S/C16H14BrNO2/c17-13-7-3-1-6-12(13)10-18-14-8-4-2-5-11(14)9-15(18)16(19)20/h1-8,15H,9-10H2,(H,19,20). The first-order valence-corrected chi connectivity index (χ1v) is 7.27. The van der Waals surface area contributed by atoms with Gasteiger partial charge in [-0.25, -0.2) is 4.79 Å². The third-order valence-corrected chi connectivity index (χ3v) is 4.45. The second kappa shape index (κ2) is 5.29. The Balaban J connectivity index is 1.97. The molecule has 0 fully saturated rings. The summed E-state index contributed by atoms with van der Waals surface area (Å²) in [7, 11) is 0. The van der Waals surface area contributed by atoms with E-state index in [1.54, 1.807) is 0 Å². The van der Waals surface area contributed by atoms with E-state index >= 15 is 0 Å². The van der Waals surface area contributed by atoms with Gasteiger partial charge in [0.2, 0.25) is 0 Å². The van der Waals surface area contributed by atoms with Crippen molar-refractivity contribution in [1.82, 2.24) is 0 Å². The van der Waals surface area contributed by atoms with Crippen molar-refractivity contribution in [3.63, 3.8) is 0 Å². The first kappa shape index (κ1) is 13.2. The van der Waals surface area contributed by atoms with Crippen LogP contribution in [0.4, 0.5) is 5.69 Å². The largest absolute Gasteiger partial charge is 0.480 e. The van der Waals surface area contributed by atoms with Gasteiger partial charge in [-0.2, -0.15) is 0 Å². The van der Waals surface area contributed by atoms with E-state index in [1.807, 2.05) is 53.4 Å². The fourth-order valence-electron chi connectivity index (χ4n) is 2.68. The predicted molar refractivity (Wildman–Crippen MR) is 81.9 cm³/mol. The molecule has 4 heteroatoms. The highest BCUT2D eigenvalue weighted by molar-refractivity contribution is 9.10. The van der Waals surface area contributed by atoms with Crippen LogP contribution in [0.1, 0.15) is 11.1 Å². The molecule has 1 heterocycles. The minimum absolute atomic E-state index is 0.487. The number of fused-ring (bicyclic) bond motifs is 1. The van der Waals surface area contributed by atoms with Gasteiger partial charge < -0.3 is 10.0 Å². The summed E-state index contributed by atoms with van der Waals surface area (Å²) in [6.07, 6.45) is 0.565. The zero-order valence-electron chi connectivity index (χ0n) is 10.8. The fourth-order valence-corrected chi connectivity index (χ4v) is 3.09. The van der Waals surface area contributed by atoms with Gasteiger partial charge in [-0.05, 0) is 23.3 Å². The molecule has 0 saturated carbocycles. The summed E-state index contributed by atoms with van der Waals surface area (Å²) in [6.45, 7) is 0.593. The molecule has 0 aliphatic carbocycles. The molecular formula is C16H14BrNO2. The lowest BCUT2D eigenvalue weighted by Gasteiger charge is -2.25. The molecule has 3 rings (SSSR count). The number of carboxylic acid groups (broad SMARTS) is 1. The van der Waals surface area contributed by atoms with E-state index in [0.29, 0.717) is 13.0 Å². The van der Waals surface area contributed by atoms with E-state index in [9.17, 15) is 9.90 Å². The Hall–Kier alpha value is -1.81.